The minimum Gasteiger partial charge on any atom is -0.472 e. The summed E-state index contributed by atoms with van der Waals surface area (Å²) in [7, 11) is 0. The van der Waals surface area contributed by atoms with Crippen molar-refractivity contribution in [2.24, 2.45) is 0 Å². The number of thiazole rings is 1. The average Bonchev–Trinajstić information content (AvgIpc) is 2.85. The molecule has 0 spiro atoms. The minimum absolute atomic E-state index is 0.0448. The number of nitrogens with zero attached hydrogens (tertiary/aromatic N) is 1. The fraction of sp³-hybridized carbons (Fsp3) is 0.526. The zero-order valence-electron chi connectivity index (χ0n) is 15.0. The van der Waals surface area contributed by atoms with E-state index in [1.807, 2.05) is 18.2 Å². The summed E-state index contributed by atoms with van der Waals surface area (Å²) in [4.78, 5) is 5.61. The third-order valence-corrected chi connectivity index (χ3v) is 5.87. The van der Waals surface area contributed by atoms with Crippen LogP contribution in [0.15, 0.2) is 18.2 Å². The molecule has 2 aliphatic rings. The first kappa shape index (κ1) is 17.1. The lowest BCUT2D eigenvalue weighted by atomic mass is 9.81. The van der Waals surface area contributed by atoms with Crippen LogP contribution < -0.4 is 14.8 Å². The molecule has 0 aliphatic carbocycles. The Bertz CT molecular complexity index is 800. The number of aromatic nitrogens is 1. The van der Waals surface area contributed by atoms with Gasteiger partial charge in [-0.3, -0.25) is 0 Å². The molecule has 3 heterocycles. The van der Waals surface area contributed by atoms with Gasteiger partial charge in [0.05, 0.1) is 0 Å². The second kappa shape index (κ2) is 5.86. The highest BCUT2D eigenvalue weighted by Gasteiger charge is 2.39. The maximum atomic E-state index is 6.28. The van der Waals surface area contributed by atoms with E-state index in [-0.39, 0.29) is 17.2 Å². The van der Waals surface area contributed by atoms with E-state index in [0.717, 1.165) is 33.9 Å². The molecule has 6 heteroatoms. The largest absolute Gasteiger partial charge is 0.472 e. The minimum atomic E-state index is 0.0448. The normalized spacial score (nSPS) is 21.2. The van der Waals surface area contributed by atoms with Gasteiger partial charge in [0, 0.05) is 34.5 Å². The van der Waals surface area contributed by atoms with Gasteiger partial charge in [-0.1, -0.05) is 29.0 Å². The molecule has 0 bridgehead atoms. The Morgan fingerprint density at radius 3 is 2.68 bits per heavy atom. The van der Waals surface area contributed by atoms with E-state index in [2.05, 4.69) is 38.0 Å². The molecule has 4 rings (SSSR count). The van der Waals surface area contributed by atoms with Crippen molar-refractivity contribution in [2.45, 2.75) is 64.3 Å². The van der Waals surface area contributed by atoms with Crippen LogP contribution in [-0.4, -0.2) is 22.2 Å². The lowest BCUT2D eigenvalue weighted by Crippen LogP contribution is -2.60. The third-order valence-electron chi connectivity index (χ3n) is 4.67. The van der Waals surface area contributed by atoms with Crippen molar-refractivity contribution in [1.29, 1.82) is 0 Å². The lowest BCUT2D eigenvalue weighted by Gasteiger charge is -2.45. The Morgan fingerprint density at radius 2 is 1.96 bits per heavy atom. The average molecular weight is 379 g/mol. The van der Waals surface area contributed by atoms with Crippen LogP contribution in [0.3, 0.4) is 0 Å². The van der Waals surface area contributed by atoms with Crippen LogP contribution >= 0.6 is 22.9 Å². The van der Waals surface area contributed by atoms with Crippen molar-refractivity contribution in [3.8, 4) is 21.5 Å². The first-order valence-corrected chi connectivity index (χ1v) is 9.79. The van der Waals surface area contributed by atoms with Gasteiger partial charge in [-0.2, -0.15) is 4.98 Å². The van der Waals surface area contributed by atoms with Crippen molar-refractivity contribution >= 4 is 22.9 Å². The van der Waals surface area contributed by atoms with Gasteiger partial charge < -0.3 is 14.8 Å². The Morgan fingerprint density at radius 1 is 1.24 bits per heavy atom. The summed E-state index contributed by atoms with van der Waals surface area (Å²) in [5, 5.41) is 5.09. The van der Waals surface area contributed by atoms with Crippen molar-refractivity contribution in [1.82, 2.24) is 10.3 Å². The van der Waals surface area contributed by atoms with Gasteiger partial charge in [-0.25, -0.2) is 0 Å². The number of halogens is 1. The van der Waals surface area contributed by atoms with Crippen molar-refractivity contribution < 1.29 is 9.47 Å². The zero-order valence-corrected chi connectivity index (χ0v) is 16.6. The molecule has 1 fully saturated rings. The summed E-state index contributed by atoms with van der Waals surface area (Å²) < 4.78 is 12.1. The Hall–Kier alpha value is -1.30. The summed E-state index contributed by atoms with van der Waals surface area (Å²) in [6, 6.07) is 5.91. The number of hydrogen-bond donors (Lipinski definition) is 1. The SMILES string of the molecule is CC1(C)CC(Oc2nc3c(s2)-c2ccc(Cl)cc2CO3)CC(C)(C)N1. The van der Waals surface area contributed by atoms with E-state index in [0.29, 0.717) is 17.7 Å². The van der Waals surface area contributed by atoms with Crippen molar-refractivity contribution in [3.63, 3.8) is 0 Å². The maximum absolute atomic E-state index is 6.28. The van der Waals surface area contributed by atoms with E-state index < -0.39 is 0 Å². The van der Waals surface area contributed by atoms with E-state index >= 15 is 0 Å². The standard InChI is InChI=1S/C19H23ClN2O2S/c1-18(2)8-13(9-19(3,4)22-18)24-17-21-16-15(25-17)14-6-5-12(20)7-11(14)10-23-16/h5-7,13,22H,8-10H2,1-4H3. The number of piperidine rings is 1. The predicted molar refractivity (Wildman–Crippen MR) is 102 cm³/mol. The fourth-order valence-electron chi connectivity index (χ4n) is 4.11. The highest BCUT2D eigenvalue weighted by Crippen LogP contribution is 2.45. The molecule has 0 amide bonds. The van der Waals surface area contributed by atoms with E-state index in [1.54, 1.807) is 11.3 Å². The monoisotopic (exact) mass is 378 g/mol. The molecule has 0 saturated carbocycles. The first-order valence-electron chi connectivity index (χ1n) is 8.59. The van der Waals surface area contributed by atoms with Crippen LogP contribution in [0.1, 0.15) is 46.1 Å². The second-order valence-electron chi connectivity index (χ2n) is 8.25. The molecule has 1 N–H and O–H groups in total. The molecule has 134 valence electrons. The van der Waals surface area contributed by atoms with E-state index in [9.17, 15) is 0 Å². The molecule has 0 radical (unpaired) electrons. The molecule has 0 unspecified atom stereocenters. The molecule has 25 heavy (non-hydrogen) atoms. The van der Waals surface area contributed by atoms with Gasteiger partial charge >= 0.3 is 0 Å². The second-order valence-corrected chi connectivity index (χ2v) is 9.64. The molecule has 1 aromatic carbocycles. The van der Waals surface area contributed by atoms with Gasteiger partial charge in [-0.05, 0) is 45.4 Å². The number of nitrogens with one attached hydrogen (secondary N) is 1. The lowest BCUT2D eigenvalue weighted by molar-refractivity contribution is 0.0554. The quantitative estimate of drug-likeness (QED) is 0.794. The number of benzene rings is 1. The maximum Gasteiger partial charge on any atom is 0.277 e. The van der Waals surface area contributed by atoms with Crippen LogP contribution in [0.4, 0.5) is 0 Å². The highest BCUT2D eigenvalue weighted by atomic mass is 35.5. The number of fused-ring (bicyclic) bond motifs is 3. The molecular formula is C19H23ClN2O2S. The number of rotatable bonds is 2. The Kier molecular flexibility index (Phi) is 4.02. The summed E-state index contributed by atoms with van der Waals surface area (Å²) in [6.07, 6.45) is 2.05. The van der Waals surface area contributed by atoms with Crippen molar-refractivity contribution in [3.05, 3.63) is 28.8 Å². The molecule has 1 saturated heterocycles. The predicted octanol–water partition coefficient (Wildman–Crippen LogP) is 5.04. The number of hydrogen-bond acceptors (Lipinski definition) is 5. The number of ether oxygens (including phenoxy) is 2. The van der Waals surface area contributed by atoms with Gasteiger partial charge in [0.2, 0.25) is 5.88 Å². The Labute approximate surface area is 157 Å². The summed E-state index contributed by atoms with van der Waals surface area (Å²) in [5.74, 6) is 0.669. The molecule has 0 atom stereocenters. The molecular weight excluding hydrogens is 356 g/mol. The highest BCUT2D eigenvalue weighted by molar-refractivity contribution is 7.17. The zero-order chi connectivity index (χ0) is 17.8. The van der Waals surface area contributed by atoms with Crippen LogP contribution in [0.2, 0.25) is 5.02 Å². The molecule has 4 nitrogen and oxygen atoms in total. The van der Waals surface area contributed by atoms with E-state index in [1.165, 1.54) is 0 Å². The Balaban J connectivity index is 1.59. The van der Waals surface area contributed by atoms with Gasteiger partial charge in [0.25, 0.3) is 5.19 Å². The molecule has 1 aromatic heterocycles. The summed E-state index contributed by atoms with van der Waals surface area (Å²) >= 11 is 7.65. The van der Waals surface area contributed by atoms with Crippen LogP contribution in [0, 0.1) is 0 Å². The van der Waals surface area contributed by atoms with Crippen LogP contribution in [0.25, 0.3) is 10.4 Å². The van der Waals surface area contributed by atoms with Crippen LogP contribution in [0.5, 0.6) is 11.1 Å². The topological polar surface area (TPSA) is 43.4 Å². The third kappa shape index (κ3) is 3.50. The van der Waals surface area contributed by atoms with Gasteiger partial charge in [-0.15, -0.1) is 0 Å². The van der Waals surface area contributed by atoms with Gasteiger partial charge in [0.15, 0.2) is 0 Å². The van der Waals surface area contributed by atoms with Crippen molar-refractivity contribution in [2.75, 3.05) is 0 Å². The van der Waals surface area contributed by atoms with E-state index in [4.69, 9.17) is 21.1 Å². The smallest absolute Gasteiger partial charge is 0.277 e. The van der Waals surface area contributed by atoms with Crippen LogP contribution in [-0.2, 0) is 6.61 Å². The summed E-state index contributed by atoms with van der Waals surface area (Å²) in [5.41, 5.74) is 2.33. The van der Waals surface area contributed by atoms with Gasteiger partial charge in [0.1, 0.15) is 17.6 Å². The summed E-state index contributed by atoms with van der Waals surface area (Å²) in [6.45, 7) is 9.39. The molecule has 2 aliphatic heterocycles. The fourth-order valence-corrected chi connectivity index (χ4v) is 5.29. The first-order chi connectivity index (χ1) is 11.7. The molecule has 2 aromatic rings.